The van der Waals surface area contributed by atoms with E-state index >= 15 is 0 Å². The summed E-state index contributed by atoms with van der Waals surface area (Å²) in [6.07, 6.45) is 4.85. The number of aliphatic hydroxyl groups is 1. The minimum Gasteiger partial charge on any atom is -0.444 e. The van der Waals surface area contributed by atoms with Gasteiger partial charge in [0.15, 0.2) is 0 Å². The Morgan fingerprint density at radius 2 is 2.00 bits per heavy atom. The second-order valence-corrected chi connectivity index (χ2v) is 7.56. The van der Waals surface area contributed by atoms with Crippen molar-refractivity contribution in [1.82, 2.24) is 4.90 Å². The highest BCUT2D eigenvalue weighted by Gasteiger charge is 2.49. The van der Waals surface area contributed by atoms with E-state index in [0.717, 1.165) is 32.2 Å². The van der Waals surface area contributed by atoms with E-state index in [2.05, 4.69) is 0 Å². The number of ether oxygens (including phenoxy) is 2. The van der Waals surface area contributed by atoms with E-state index < -0.39 is 5.60 Å². The molecule has 5 nitrogen and oxygen atoms in total. The van der Waals surface area contributed by atoms with Gasteiger partial charge in [-0.15, -0.1) is 0 Å². The molecule has 2 rings (SSSR count). The summed E-state index contributed by atoms with van der Waals surface area (Å²) in [5, 5.41) is 9.31. The van der Waals surface area contributed by atoms with Crippen LogP contribution in [0.2, 0.25) is 0 Å². The van der Waals surface area contributed by atoms with E-state index in [9.17, 15) is 9.90 Å². The van der Waals surface area contributed by atoms with Gasteiger partial charge < -0.3 is 19.5 Å². The van der Waals surface area contributed by atoms with Crippen LogP contribution in [0, 0.1) is 5.41 Å². The van der Waals surface area contributed by atoms with Crippen molar-refractivity contribution in [2.45, 2.75) is 70.6 Å². The Bertz CT molecular complexity index is 371. The van der Waals surface area contributed by atoms with Crippen molar-refractivity contribution in [2.75, 3.05) is 20.3 Å². The lowest BCUT2D eigenvalue weighted by Crippen LogP contribution is -2.56. The Morgan fingerprint density at radius 3 is 2.52 bits per heavy atom. The van der Waals surface area contributed by atoms with Crippen molar-refractivity contribution in [1.29, 1.82) is 0 Å². The first-order valence-corrected chi connectivity index (χ1v) is 7.92. The number of carbonyl (C=O) groups is 1. The molecule has 2 fully saturated rings. The van der Waals surface area contributed by atoms with Crippen LogP contribution in [0.1, 0.15) is 52.9 Å². The molecule has 0 aromatic carbocycles. The molecule has 0 aromatic rings. The number of nitrogens with zero attached hydrogens (tertiary/aromatic N) is 1. The lowest BCUT2D eigenvalue weighted by Gasteiger charge is -2.54. The van der Waals surface area contributed by atoms with Gasteiger partial charge >= 0.3 is 6.09 Å². The quantitative estimate of drug-likeness (QED) is 0.870. The van der Waals surface area contributed by atoms with Crippen LogP contribution in [0.4, 0.5) is 4.79 Å². The summed E-state index contributed by atoms with van der Waals surface area (Å²) in [6, 6.07) is 0.0800. The SMILES string of the molecule is COC1CC2(CCN(C(=O)OC(C)(C)C)C(CCO)C2)C1. The van der Waals surface area contributed by atoms with Crippen LogP contribution in [0.3, 0.4) is 0 Å². The maximum absolute atomic E-state index is 12.3. The number of rotatable bonds is 3. The second-order valence-electron chi connectivity index (χ2n) is 7.56. The molecule has 0 bridgehead atoms. The van der Waals surface area contributed by atoms with Gasteiger partial charge in [-0.2, -0.15) is 0 Å². The molecular weight excluding hydrogens is 270 g/mol. The highest BCUT2D eigenvalue weighted by atomic mass is 16.6. The summed E-state index contributed by atoms with van der Waals surface area (Å²) in [6.45, 7) is 6.47. The molecule has 1 saturated heterocycles. The molecule has 1 atom stereocenters. The lowest BCUT2D eigenvalue weighted by molar-refractivity contribution is -0.103. The molecule has 21 heavy (non-hydrogen) atoms. The minimum absolute atomic E-state index is 0.0800. The average Bonchev–Trinajstić information content (AvgIpc) is 2.33. The molecule has 1 N–H and O–H groups in total. The van der Waals surface area contributed by atoms with Gasteiger partial charge in [-0.25, -0.2) is 4.79 Å². The molecule has 0 radical (unpaired) electrons. The Balaban J connectivity index is 1.98. The number of hydrogen-bond donors (Lipinski definition) is 1. The third-order valence-electron chi connectivity index (χ3n) is 4.74. The predicted octanol–water partition coefficient (Wildman–Crippen LogP) is 2.56. The zero-order valence-electron chi connectivity index (χ0n) is 13.7. The van der Waals surface area contributed by atoms with Crippen LogP contribution in [-0.2, 0) is 9.47 Å². The number of methoxy groups -OCH3 is 1. The van der Waals surface area contributed by atoms with Gasteiger partial charge in [-0.05, 0) is 58.3 Å². The van der Waals surface area contributed by atoms with Crippen LogP contribution in [0.5, 0.6) is 0 Å². The van der Waals surface area contributed by atoms with E-state index in [4.69, 9.17) is 9.47 Å². The van der Waals surface area contributed by atoms with Crippen LogP contribution in [-0.4, -0.2) is 54.1 Å². The summed E-state index contributed by atoms with van der Waals surface area (Å²) in [5.41, 5.74) is -0.174. The van der Waals surface area contributed by atoms with Crippen molar-refractivity contribution in [2.24, 2.45) is 5.41 Å². The Labute approximate surface area is 127 Å². The topological polar surface area (TPSA) is 59.0 Å². The number of amides is 1. The molecular formula is C16H29NO4. The van der Waals surface area contributed by atoms with E-state index in [0.29, 0.717) is 17.9 Å². The highest BCUT2D eigenvalue weighted by Crippen LogP contribution is 2.52. The van der Waals surface area contributed by atoms with Gasteiger partial charge in [0, 0.05) is 26.3 Å². The first-order chi connectivity index (χ1) is 9.78. The first-order valence-electron chi connectivity index (χ1n) is 7.92. The van der Waals surface area contributed by atoms with E-state index in [-0.39, 0.29) is 18.7 Å². The minimum atomic E-state index is -0.479. The second kappa shape index (κ2) is 6.13. The van der Waals surface area contributed by atoms with Crippen LogP contribution in [0.15, 0.2) is 0 Å². The summed E-state index contributed by atoms with van der Waals surface area (Å²) >= 11 is 0. The molecule has 1 heterocycles. The molecule has 1 saturated carbocycles. The molecule has 0 aromatic heterocycles. The fourth-order valence-electron chi connectivity index (χ4n) is 3.66. The van der Waals surface area contributed by atoms with Gasteiger partial charge in [0.25, 0.3) is 0 Å². The maximum atomic E-state index is 12.3. The zero-order chi connectivity index (χ0) is 15.7. The average molecular weight is 299 g/mol. The first kappa shape index (κ1) is 16.6. The maximum Gasteiger partial charge on any atom is 0.410 e. The summed E-state index contributed by atoms with van der Waals surface area (Å²) in [7, 11) is 1.76. The molecule has 5 heteroatoms. The lowest BCUT2D eigenvalue weighted by atomic mass is 9.59. The molecule has 1 aliphatic heterocycles. The van der Waals surface area contributed by atoms with Crippen LogP contribution in [0.25, 0.3) is 0 Å². The highest BCUT2D eigenvalue weighted by molar-refractivity contribution is 5.68. The number of hydrogen-bond acceptors (Lipinski definition) is 4. The number of likely N-dealkylation sites (tertiary alicyclic amines) is 1. The van der Waals surface area contributed by atoms with Gasteiger partial charge in [-0.1, -0.05) is 0 Å². The summed E-state index contributed by atoms with van der Waals surface area (Å²) in [5.74, 6) is 0. The van der Waals surface area contributed by atoms with Crippen molar-refractivity contribution in [3.63, 3.8) is 0 Å². The third-order valence-corrected chi connectivity index (χ3v) is 4.74. The molecule has 122 valence electrons. The Kier molecular flexibility index (Phi) is 4.83. The monoisotopic (exact) mass is 299 g/mol. The molecule has 1 amide bonds. The third kappa shape index (κ3) is 3.89. The predicted molar refractivity (Wildman–Crippen MR) is 80.1 cm³/mol. The number of carbonyl (C=O) groups excluding carboxylic acids is 1. The van der Waals surface area contributed by atoms with Gasteiger partial charge in [0.05, 0.1) is 6.10 Å². The van der Waals surface area contributed by atoms with Crippen LogP contribution >= 0.6 is 0 Å². The normalized spacial score (nSPS) is 32.9. The Hall–Kier alpha value is -0.810. The van der Waals surface area contributed by atoms with E-state index in [1.807, 2.05) is 25.7 Å². The van der Waals surface area contributed by atoms with Crippen LogP contribution < -0.4 is 0 Å². The summed E-state index contributed by atoms with van der Waals surface area (Å²) in [4.78, 5) is 14.1. The van der Waals surface area contributed by atoms with Crippen molar-refractivity contribution >= 4 is 6.09 Å². The zero-order valence-corrected chi connectivity index (χ0v) is 13.7. The standard InChI is InChI=1S/C16H29NO4/c1-15(2,3)21-14(19)17-7-6-16(9-12(17)5-8-18)10-13(11-16)20-4/h12-13,18H,5-11H2,1-4H3. The van der Waals surface area contributed by atoms with E-state index in [1.165, 1.54) is 0 Å². The van der Waals surface area contributed by atoms with Crippen molar-refractivity contribution in [3.05, 3.63) is 0 Å². The molecule has 1 unspecified atom stereocenters. The number of aliphatic hydroxyl groups excluding tert-OH is 1. The molecule has 1 aliphatic carbocycles. The van der Waals surface area contributed by atoms with Gasteiger partial charge in [0.1, 0.15) is 5.60 Å². The largest absolute Gasteiger partial charge is 0.444 e. The Morgan fingerprint density at radius 1 is 1.33 bits per heavy atom. The number of piperidine rings is 1. The smallest absolute Gasteiger partial charge is 0.410 e. The molecule has 2 aliphatic rings. The molecule has 1 spiro atoms. The fraction of sp³-hybridized carbons (Fsp3) is 0.938. The van der Waals surface area contributed by atoms with Gasteiger partial charge in [0.2, 0.25) is 0 Å². The van der Waals surface area contributed by atoms with Gasteiger partial charge in [-0.3, -0.25) is 0 Å². The van der Waals surface area contributed by atoms with Crippen molar-refractivity contribution < 1.29 is 19.4 Å². The fourth-order valence-corrected chi connectivity index (χ4v) is 3.66. The van der Waals surface area contributed by atoms with E-state index in [1.54, 1.807) is 7.11 Å². The van der Waals surface area contributed by atoms with Crippen molar-refractivity contribution in [3.8, 4) is 0 Å². The summed E-state index contributed by atoms with van der Waals surface area (Å²) < 4.78 is 10.9.